The highest BCUT2D eigenvalue weighted by atomic mass is 32.2. The molecule has 1 fully saturated rings. The lowest BCUT2D eigenvalue weighted by molar-refractivity contribution is -0.142. The van der Waals surface area contributed by atoms with Crippen LogP contribution in [0, 0.1) is 5.82 Å². The first-order valence-electron chi connectivity index (χ1n) is 8.21. The summed E-state index contributed by atoms with van der Waals surface area (Å²) in [6, 6.07) is 4.41. The molecule has 1 saturated heterocycles. The number of allylic oxidation sites excluding steroid dienone is 1. The van der Waals surface area contributed by atoms with Crippen LogP contribution in [-0.2, 0) is 20.8 Å². The summed E-state index contributed by atoms with van der Waals surface area (Å²) in [6.45, 7) is 3.53. The summed E-state index contributed by atoms with van der Waals surface area (Å²) in [5, 5.41) is 13.7. The van der Waals surface area contributed by atoms with E-state index in [4.69, 9.17) is 5.11 Å². The number of carboxylic acids is 1. The van der Waals surface area contributed by atoms with E-state index in [1.807, 2.05) is 0 Å². The second-order valence-electron chi connectivity index (χ2n) is 5.94. The average molecular weight is 380 g/mol. The van der Waals surface area contributed by atoms with Gasteiger partial charge in [0.2, 0.25) is 11.8 Å². The number of nitrogens with one attached hydrogen (secondary N) is 2. The van der Waals surface area contributed by atoms with Gasteiger partial charge in [0.1, 0.15) is 17.9 Å². The first-order chi connectivity index (χ1) is 12.4. The van der Waals surface area contributed by atoms with Crippen molar-refractivity contribution in [2.24, 2.45) is 0 Å². The monoisotopic (exact) mass is 380 g/mol. The Balaban J connectivity index is 1.91. The number of carbonyl (C=O) groups excluding carboxylic acids is 2. The van der Waals surface area contributed by atoms with Crippen LogP contribution in [0.5, 0.6) is 0 Å². The molecule has 1 aliphatic rings. The molecule has 1 heterocycles. The van der Waals surface area contributed by atoms with Gasteiger partial charge in [0.05, 0.1) is 5.25 Å². The molecule has 140 valence electrons. The van der Waals surface area contributed by atoms with Gasteiger partial charge in [-0.25, -0.2) is 9.18 Å². The smallest absolute Gasteiger partial charge is 0.326 e. The summed E-state index contributed by atoms with van der Waals surface area (Å²) < 4.78 is 13.7. The molecule has 1 aromatic rings. The number of hydrogen-bond acceptors (Lipinski definition) is 4. The van der Waals surface area contributed by atoms with E-state index in [0.29, 0.717) is 17.7 Å². The molecule has 3 unspecified atom stereocenters. The van der Waals surface area contributed by atoms with E-state index in [2.05, 4.69) is 17.2 Å². The minimum absolute atomic E-state index is 0.230. The molecule has 0 spiro atoms. The molecule has 2 rings (SSSR count). The van der Waals surface area contributed by atoms with Gasteiger partial charge in [0.25, 0.3) is 0 Å². The molecule has 0 aliphatic carbocycles. The normalized spacial score (nSPS) is 20.7. The van der Waals surface area contributed by atoms with Gasteiger partial charge in [0.15, 0.2) is 0 Å². The lowest BCUT2D eigenvalue weighted by Gasteiger charge is -2.29. The lowest BCUT2D eigenvalue weighted by Crippen LogP contribution is -2.56. The second-order valence-corrected chi connectivity index (χ2v) is 7.18. The molecule has 0 saturated carbocycles. The maximum absolute atomic E-state index is 13.7. The van der Waals surface area contributed by atoms with Crippen molar-refractivity contribution in [1.29, 1.82) is 0 Å². The summed E-state index contributed by atoms with van der Waals surface area (Å²) >= 11 is 1.26. The fraction of sp³-hybridized carbons (Fsp3) is 0.389. The van der Waals surface area contributed by atoms with Crippen molar-refractivity contribution >= 4 is 29.5 Å². The first-order valence-corrected chi connectivity index (χ1v) is 9.26. The Kier molecular flexibility index (Phi) is 7.20. The standard InChI is InChI=1S/C18H21FN2O4S/c1-2-3-8-13(18(24)25)20-16(22)14-10-26-15(17(23)21-14)9-11-6-4-5-7-12(11)19/h2,4-7,13-15H,1,3,8-10H2,(H,20,22)(H,21,23)(H,24,25). The second kappa shape index (κ2) is 9.38. The van der Waals surface area contributed by atoms with Gasteiger partial charge >= 0.3 is 5.97 Å². The van der Waals surface area contributed by atoms with Crippen LogP contribution in [0.15, 0.2) is 36.9 Å². The largest absolute Gasteiger partial charge is 0.480 e. The summed E-state index contributed by atoms with van der Waals surface area (Å²) in [5.41, 5.74) is 0.443. The van der Waals surface area contributed by atoms with Gasteiger partial charge in [-0.05, 0) is 30.9 Å². The van der Waals surface area contributed by atoms with Crippen molar-refractivity contribution in [3.05, 3.63) is 48.3 Å². The van der Waals surface area contributed by atoms with E-state index in [-0.39, 0.29) is 24.6 Å². The molecule has 26 heavy (non-hydrogen) atoms. The van der Waals surface area contributed by atoms with Gasteiger partial charge in [0, 0.05) is 5.75 Å². The zero-order valence-corrected chi connectivity index (χ0v) is 14.9. The Hall–Kier alpha value is -2.35. The van der Waals surface area contributed by atoms with Gasteiger partial charge in [-0.1, -0.05) is 24.3 Å². The molecule has 1 aliphatic heterocycles. The highest BCUT2D eigenvalue weighted by Crippen LogP contribution is 2.23. The molecule has 0 aromatic heterocycles. The number of hydrogen-bond donors (Lipinski definition) is 3. The zero-order valence-electron chi connectivity index (χ0n) is 14.1. The minimum atomic E-state index is -1.13. The van der Waals surface area contributed by atoms with Crippen molar-refractivity contribution in [3.8, 4) is 0 Å². The number of rotatable bonds is 8. The number of carbonyl (C=O) groups is 3. The number of benzene rings is 1. The molecule has 8 heteroatoms. The molecule has 6 nitrogen and oxygen atoms in total. The van der Waals surface area contributed by atoms with Crippen LogP contribution in [0.1, 0.15) is 18.4 Å². The molecular weight excluding hydrogens is 359 g/mol. The third-order valence-electron chi connectivity index (χ3n) is 4.03. The first kappa shape index (κ1) is 20.0. The molecule has 3 N–H and O–H groups in total. The Morgan fingerprint density at radius 3 is 2.81 bits per heavy atom. The highest BCUT2D eigenvalue weighted by Gasteiger charge is 2.34. The Bertz CT molecular complexity index is 698. The van der Waals surface area contributed by atoms with E-state index >= 15 is 0 Å². The predicted molar refractivity (Wildman–Crippen MR) is 97.3 cm³/mol. The van der Waals surface area contributed by atoms with Gasteiger partial charge in [-0.2, -0.15) is 0 Å². The van der Waals surface area contributed by atoms with Crippen molar-refractivity contribution in [2.45, 2.75) is 36.6 Å². The van der Waals surface area contributed by atoms with E-state index in [1.54, 1.807) is 24.3 Å². The maximum Gasteiger partial charge on any atom is 0.326 e. The fourth-order valence-electron chi connectivity index (χ4n) is 2.57. The van der Waals surface area contributed by atoms with Crippen LogP contribution in [0.25, 0.3) is 0 Å². The zero-order chi connectivity index (χ0) is 19.1. The lowest BCUT2D eigenvalue weighted by atomic mass is 10.1. The van der Waals surface area contributed by atoms with E-state index in [1.165, 1.54) is 17.8 Å². The summed E-state index contributed by atoms with van der Waals surface area (Å²) in [7, 11) is 0. The predicted octanol–water partition coefficient (Wildman–Crippen LogP) is 1.50. The SMILES string of the molecule is C=CCCC(NC(=O)C1CSC(Cc2ccccc2F)C(=O)N1)C(=O)O. The van der Waals surface area contributed by atoms with Crippen LogP contribution in [-0.4, -0.2) is 46.0 Å². The highest BCUT2D eigenvalue weighted by molar-refractivity contribution is 8.00. The molecule has 0 bridgehead atoms. The van der Waals surface area contributed by atoms with Crippen LogP contribution in [0.2, 0.25) is 0 Å². The van der Waals surface area contributed by atoms with E-state index < -0.39 is 29.2 Å². The minimum Gasteiger partial charge on any atom is -0.480 e. The Labute approximate surface area is 155 Å². The average Bonchev–Trinajstić information content (AvgIpc) is 2.61. The van der Waals surface area contributed by atoms with Crippen LogP contribution >= 0.6 is 11.8 Å². The van der Waals surface area contributed by atoms with Crippen LogP contribution in [0.3, 0.4) is 0 Å². The van der Waals surface area contributed by atoms with Crippen LogP contribution < -0.4 is 10.6 Å². The maximum atomic E-state index is 13.7. The number of carboxylic acid groups (broad SMARTS) is 1. The van der Waals surface area contributed by atoms with E-state index in [9.17, 15) is 18.8 Å². The molecule has 1 aromatic carbocycles. The van der Waals surface area contributed by atoms with Crippen molar-refractivity contribution in [3.63, 3.8) is 0 Å². The quantitative estimate of drug-likeness (QED) is 0.594. The molecular formula is C18H21FN2O4S. The molecule has 3 atom stereocenters. The van der Waals surface area contributed by atoms with Gasteiger partial charge in [-0.15, -0.1) is 18.3 Å². The van der Waals surface area contributed by atoms with Crippen LogP contribution in [0.4, 0.5) is 4.39 Å². The third kappa shape index (κ3) is 5.32. The number of halogens is 1. The number of thioether (sulfide) groups is 1. The molecule has 0 radical (unpaired) electrons. The Morgan fingerprint density at radius 2 is 2.19 bits per heavy atom. The van der Waals surface area contributed by atoms with Gasteiger partial charge in [-0.3, -0.25) is 9.59 Å². The summed E-state index contributed by atoms with van der Waals surface area (Å²) in [4.78, 5) is 35.7. The van der Waals surface area contributed by atoms with Crippen molar-refractivity contribution < 1.29 is 23.9 Å². The van der Waals surface area contributed by atoms with E-state index in [0.717, 1.165) is 0 Å². The fourth-order valence-corrected chi connectivity index (χ4v) is 3.74. The topological polar surface area (TPSA) is 95.5 Å². The van der Waals surface area contributed by atoms with Crippen molar-refractivity contribution in [1.82, 2.24) is 10.6 Å². The third-order valence-corrected chi connectivity index (χ3v) is 5.34. The molecule has 2 amide bonds. The van der Waals surface area contributed by atoms with Gasteiger partial charge < -0.3 is 15.7 Å². The summed E-state index contributed by atoms with van der Waals surface area (Å²) in [5.74, 6) is -2.10. The summed E-state index contributed by atoms with van der Waals surface area (Å²) in [6.07, 6.45) is 2.49. The van der Waals surface area contributed by atoms with Crippen molar-refractivity contribution in [2.75, 3.05) is 5.75 Å². The number of amides is 2. The Morgan fingerprint density at radius 1 is 1.46 bits per heavy atom. The number of aliphatic carboxylic acids is 1.